The molecule has 5 nitrogen and oxygen atoms in total. The first-order chi connectivity index (χ1) is 21.1. The van der Waals surface area contributed by atoms with Gasteiger partial charge in [0.15, 0.2) is 5.82 Å². The zero-order valence-corrected chi connectivity index (χ0v) is 25.1. The maximum Gasteiger partial charge on any atom is 0.233 e. The van der Waals surface area contributed by atoms with E-state index in [0.29, 0.717) is 10.8 Å². The summed E-state index contributed by atoms with van der Waals surface area (Å²) in [5.74, 6) is 0.692. The monoisotopic (exact) mass is 604 g/mol. The molecule has 0 bridgehead atoms. The second kappa shape index (κ2) is 11.8. The van der Waals surface area contributed by atoms with Gasteiger partial charge < -0.3 is 0 Å². The van der Waals surface area contributed by atoms with Crippen molar-refractivity contribution in [2.75, 3.05) is 10.0 Å². The van der Waals surface area contributed by atoms with Gasteiger partial charge in [0.1, 0.15) is 0 Å². The number of halogens is 2. The Morgan fingerprint density at radius 1 is 0.837 bits per heavy atom. The van der Waals surface area contributed by atoms with Crippen LogP contribution >= 0.6 is 23.2 Å². The standard InChI is InChI=1S/C18H15ClN4O.C18H15Cl/c19-14-5-7-15(8-6-14)22(12-24)23(16-9-10-16)18-17-4-2-1-3-13(17)11-20-21-18;19-17-7-3-5-13-9-10-15-14-6-2-1-4-12(14)8-11-16(15)18(13)17/h1-8,11-12,16H,9-10H2;2-3,5-7,9-10H,1,4,8,11H2. The molecule has 8 rings (SSSR count). The molecule has 3 aliphatic carbocycles. The maximum atomic E-state index is 11.9. The minimum absolute atomic E-state index is 0.242. The van der Waals surface area contributed by atoms with Gasteiger partial charge in [0, 0.05) is 26.2 Å². The van der Waals surface area contributed by atoms with E-state index >= 15 is 0 Å². The summed E-state index contributed by atoms with van der Waals surface area (Å²) in [7, 11) is 0. The lowest BCUT2D eigenvalue weighted by Gasteiger charge is -2.33. The lowest BCUT2D eigenvalue weighted by Crippen LogP contribution is -2.44. The van der Waals surface area contributed by atoms with E-state index in [-0.39, 0.29) is 6.04 Å². The van der Waals surface area contributed by atoms with Crippen LogP contribution in [0.4, 0.5) is 11.5 Å². The molecular formula is C36H30Cl2N4O. The SMILES string of the molecule is Clc1cccc2ccc3c(c12)CCC1=C3C=CCC1.O=CN(c1ccc(Cl)cc1)N(c1nncc2ccccc12)C1CC1. The van der Waals surface area contributed by atoms with Crippen molar-refractivity contribution < 1.29 is 4.79 Å². The van der Waals surface area contributed by atoms with E-state index < -0.39 is 0 Å². The minimum atomic E-state index is 0.242. The van der Waals surface area contributed by atoms with Crippen molar-refractivity contribution in [2.24, 2.45) is 0 Å². The molecule has 43 heavy (non-hydrogen) atoms. The summed E-state index contributed by atoms with van der Waals surface area (Å²) in [5.41, 5.74) is 6.66. The first-order valence-electron chi connectivity index (χ1n) is 14.7. The van der Waals surface area contributed by atoms with Crippen molar-refractivity contribution in [2.45, 2.75) is 44.6 Å². The van der Waals surface area contributed by atoms with Crippen LogP contribution in [0.5, 0.6) is 0 Å². The van der Waals surface area contributed by atoms with Gasteiger partial charge in [-0.15, -0.1) is 5.10 Å². The fourth-order valence-electron chi connectivity index (χ4n) is 6.23. The summed E-state index contributed by atoms with van der Waals surface area (Å²) in [6.07, 6.45) is 13.9. The van der Waals surface area contributed by atoms with Gasteiger partial charge in [-0.05, 0) is 90.9 Å². The number of aromatic nitrogens is 2. The average Bonchev–Trinajstić information content (AvgIpc) is 3.89. The lowest BCUT2D eigenvalue weighted by atomic mass is 9.79. The summed E-state index contributed by atoms with van der Waals surface area (Å²) < 4.78 is 0. The van der Waals surface area contributed by atoms with Gasteiger partial charge in [-0.25, -0.2) is 5.01 Å². The molecular weight excluding hydrogens is 575 g/mol. The molecule has 3 aliphatic rings. The summed E-state index contributed by atoms with van der Waals surface area (Å²) in [5, 5.41) is 18.0. The van der Waals surface area contributed by atoms with E-state index in [4.69, 9.17) is 23.2 Å². The van der Waals surface area contributed by atoms with E-state index in [1.165, 1.54) is 46.7 Å². The highest BCUT2D eigenvalue weighted by molar-refractivity contribution is 6.36. The molecule has 0 spiro atoms. The molecule has 0 aliphatic heterocycles. The Balaban J connectivity index is 0.000000143. The Labute approximate surface area is 261 Å². The lowest BCUT2D eigenvalue weighted by molar-refractivity contribution is -0.107. The van der Waals surface area contributed by atoms with Gasteiger partial charge in [0.05, 0.1) is 17.9 Å². The Morgan fingerprint density at radius 3 is 2.47 bits per heavy atom. The number of allylic oxidation sites excluding steroid dienone is 4. The number of hydrazine groups is 1. The molecule has 7 heteroatoms. The number of hydrogen-bond acceptors (Lipinski definition) is 4. The van der Waals surface area contributed by atoms with Gasteiger partial charge in [0.2, 0.25) is 6.41 Å². The number of aryl methyl sites for hydroxylation is 1. The van der Waals surface area contributed by atoms with E-state index in [2.05, 4.69) is 40.5 Å². The van der Waals surface area contributed by atoms with Crippen molar-refractivity contribution in [3.8, 4) is 0 Å². The quantitative estimate of drug-likeness (QED) is 0.148. The number of carbonyl (C=O) groups excluding carboxylic acids is 1. The predicted molar refractivity (Wildman–Crippen MR) is 178 cm³/mol. The Bertz CT molecular complexity index is 1890. The largest absolute Gasteiger partial charge is 0.276 e. The van der Waals surface area contributed by atoms with Crippen LogP contribution < -0.4 is 10.0 Å². The second-order valence-corrected chi connectivity index (χ2v) is 12.0. The Hall–Kier alpha value is -4.19. The van der Waals surface area contributed by atoms with Crippen LogP contribution in [0.15, 0.2) is 103 Å². The maximum absolute atomic E-state index is 11.9. The summed E-state index contributed by atoms with van der Waals surface area (Å²) >= 11 is 12.4. The number of nitrogens with zero attached hydrogens (tertiary/aromatic N) is 4. The smallest absolute Gasteiger partial charge is 0.233 e. The Morgan fingerprint density at radius 2 is 1.65 bits per heavy atom. The topological polar surface area (TPSA) is 49.3 Å². The zero-order chi connectivity index (χ0) is 29.3. The molecule has 0 radical (unpaired) electrons. The number of benzene rings is 4. The van der Waals surface area contributed by atoms with Crippen molar-refractivity contribution in [1.82, 2.24) is 10.2 Å². The summed E-state index contributed by atoms with van der Waals surface area (Å²) in [6, 6.07) is 26.0. The van der Waals surface area contributed by atoms with Crippen LogP contribution in [-0.4, -0.2) is 22.6 Å². The third kappa shape index (κ3) is 5.39. The number of anilines is 2. The first-order valence-corrected chi connectivity index (χ1v) is 15.5. The van der Waals surface area contributed by atoms with Gasteiger partial charge in [-0.3, -0.25) is 9.80 Å². The van der Waals surface area contributed by atoms with Gasteiger partial charge in [-0.1, -0.05) is 89.5 Å². The molecule has 1 saturated carbocycles. The molecule has 0 atom stereocenters. The first kappa shape index (κ1) is 27.6. The van der Waals surface area contributed by atoms with Crippen LogP contribution in [0.1, 0.15) is 43.2 Å². The molecule has 0 unspecified atom stereocenters. The second-order valence-electron chi connectivity index (χ2n) is 11.1. The highest BCUT2D eigenvalue weighted by atomic mass is 35.5. The van der Waals surface area contributed by atoms with Crippen LogP contribution in [0.25, 0.3) is 27.1 Å². The van der Waals surface area contributed by atoms with E-state index in [1.54, 1.807) is 28.9 Å². The van der Waals surface area contributed by atoms with Crippen LogP contribution in [-0.2, 0) is 11.2 Å². The predicted octanol–water partition coefficient (Wildman–Crippen LogP) is 9.37. The Kier molecular flexibility index (Phi) is 7.60. The molecule has 4 aromatic carbocycles. The van der Waals surface area contributed by atoms with Crippen LogP contribution in [0.3, 0.4) is 0 Å². The number of amides is 1. The van der Waals surface area contributed by atoms with Crippen LogP contribution in [0, 0.1) is 0 Å². The van der Waals surface area contributed by atoms with Gasteiger partial charge >= 0.3 is 0 Å². The summed E-state index contributed by atoms with van der Waals surface area (Å²) in [6.45, 7) is 0. The van der Waals surface area contributed by atoms with E-state index in [1.807, 2.05) is 53.5 Å². The third-order valence-electron chi connectivity index (χ3n) is 8.43. The molecule has 5 aromatic rings. The molecule has 0 saturated heterocycles. The van der Waals surface area contributed by atoms with Gasteiger partial charge in [-0.2, -0.15) is 5.10 Å². The fourth-order valence-corrected chi connectivity index (χ4v) is 6.65. The van der Waals surface area contributed by atoms with Crippen LogP contribution in [0.2, 0.25) is 10.0 Å². The van der Waals surface area contributed by atoms with E-state index in [9.17, 15) is 4.79 Å². The number of carbonyl (C=O) groups is 1. The molecule has 1 aromatic heterocycles. The number of fused-ring (bicyclic) bond motifs is 5. The van der Waals surface area contributed by atoms with Gasteiger partial charge in [0.25, 0.3) is 0 Å². The van der Waals surface area contributed by atoms with E-state index in [0.717, 1.165) is 47.2 Å². The van der Waals surface area contributed by atoms with Crippen molar-refractivity contribution in [1.29, 1.82) is 0 Å². The number of hydrogen-bond donors (Lipinski definition) is 0. The highest BCUT2D eigenvalue weighted by Gasteiger charge is 2.36. The minimum Gasteiger partial charge on any atom is -0.276 e. The molecule has 0 N–H and O–H groups in total. The van der Waals surface area contributed by atoms with Crippen molar-refractivity contribution >= 4 is 68.2 Å². The molecule has 1 amide bonds. The fraction of sp³-hybridized carbons (Fsp3) is 0.194. The summed E-state index contributed by atoms with van der Waals surface area (Å²) in [4.78, 5) is 11.9. The zero-order valence-electron chi connectivity index (χ0n) is 23.6. The average molecular weight is 606 g/mol. The van der Waals surface area contributed by atoms with Crippen molar-refractivity contribution in [3.05, 3.63) is 124 Å². The molecule has 1 fully saturated rings. The highest BCUT2D eigenvalue weighted by Crippen LogP contribution is 2.41. The number of rotatable bonds is 5. The third-order valence-corrected chi connectivity index (χ3v) is 9.00. The van der Waals surface area contributed by atoms with Crippen molar-refractivity contribution in [3.63, 3.8) is 0 Å². The normalized spacial score (nSPS) is 15.4. The molecule has 214 valence electrons. The molecule has 1 heterocycles.